The van der Waals surface area contributed by atoms with Crippen molar-refractivity contribution in [2.24, 2.45) is 0 Å². The third kappa shape index (κ3) is 5.43. The molecule has 0 saturated heterocycles. The quantitative estimate of drug-likeness (QED) is 0.648. The summed E-state index contributed by atoms with van der Waals surface area (Å²) in [6, 6.07) is 11.3. The van der Waals surface area contributed by atoms with Gasteiger partial charge in [-0.1, -0.05) is 30.3 Å². The SMILES string of the molecule is CC(C)Oc1cc(OCc2ccccc2)c2c(c1F)CCN(C(=O)OC(C)(C)C)C2. The molecule has 2 aromatic carbocycles. The Hall–Kier alpha value is -2.76. The van der Waals surface area contributed by atoms with E-state index in [0.717, 1.165) is 5.56 Å². The topological polar surface area (TPSA) is 48.0 Å². The van der Waals surface area contributed by atoms with Crippen LogP contribution in [0.2, 0.25) is 0 Å². The molecule has 1 heterocycles. The Morgan fingerprint density at radius 2 is 1.83 bits per heavy atom. The molecule has 0 aliphatic carbocycles. The number of carbonyl (C=O) groups is 1. The van der Waals surface area contributed by atoms with Gasteiger partial charge in [0.2, 0.25) is 0 Å². The van der Waals surface area contributed by atoms with E-state index in [2.05, 4.69) is 0 Å². The van der Waals surface area contributed by atoms with Gasteiger partial charge in [-0.2, -0.15) is 0 Å². The van der Waals surface area contributed by atoms with E-state index < -0.39 is 11.7 Å². The van der Waals surface area contributed by atoms with Crippen molar-refractivity contribution in [2.45, 2.75) is 65.9 Å². The fourth-order valence-electron chi connectivity index (χ4n) is 3.34. The van der Waals surface area contributed by atoms with E-state index >= 15 is 4.39 Å². The van der Waals surface area contributed by atoms with Crippen molar-refractivity contribution in [3.05, 3.63) is 58.9 Å². The van der Waals surface area contributed by atoms with Gasteiger partial charge in [0.1, 0.15) is 18.0 Å². The van der Waals surface area contributed by atoms with Crippen molar-refractivity contribution in [3.63, 3.8) is 0 Å². The number of fused-ring (bicyclic) bond motifs is 1. The molecule has 0 unspecified atom stereocenters. The molecule has 0 saturated carbocycles. The normalized spacial score (nSPS) is 13.8. The van der Waals surface area contributed by atoms with Crippen LogP contribution in [0.5, 0.6) is 11.5 Å². The average Bonchev–Trinajstić information content (AvgIpc) is 2.68. The van der Waals surface area contributed by atoms with Crippen LogP contribution in [-0.2, 0) is 24.3 Å². The maximum atomic E-state index is 15.1. The lowest BCUT2D eigenvalue weighted by atomic mass is 9.97. The van der Waals surface area contributed by atoms with Gasteiger partial charge in [0, 0.05) is 23.7 Å². The highest BCUT2D eigenvalue weighted by Crippen LogP contribution is 2.37. The third-order valence-corrected chi connectivity index (χ3v) is 4.64. The second-order valence-electron chi connectivity index (χ2n) is 8.74. The van der Waals surface area contributed by atoms with Gasteiger partial charge in [-0.3, -0.25) is 0 Å². The highest BCUT2D eigenvalue weighted by atomic mass is 19.1. The summed E-state index contributed by atoms with van der Waals surface area (Å²) in [4.78, 5) is 14.1. The van der Waals surface area contributed by atoms with E-state index in [1.54, 1.807) is 11.0 Å². The van der Waals surface area contributed by atoms with E-state index in [0.29, 0.717) is 36.4 Å². The first-order valence-electron chi connectivity index (χ1n) is 10.3. The Kier molecular flexibility index (Phi) is 6.54. The molecule has 0 N–H and O–H groups in total. The largest absolute Gasteiger partial charge is 0.488 e. The van der Waals surface area contributed by atoms with Crippen LogP contribution in [0.4, 0.5) is 9.18 Å². The number of halogens is 1. The monoisotopic (exact) mass is 415 g/mol. The molecule has 3 rings (SSSR count). The second-order valence-corrected chi connectivity index (χ2v) is 8.74. The smallest absolute Gasteiger partial charge is 0.410 e. The number of hydrogen-bond acceptors (Lipinski definition) is 4. The predicted octanol–water partition coefficient (Wildman–Crippen LogP) is 5.49. The third-order valence-electron chi connectivity index (χ3n) is 4.64. The summed E-state index contributed by atoms with van der Waals surface area (Å²) in [5.41, 5.74) is 1.61. The molecular weight excluding hydrogens is 385 g/mol. The van der Waals surface area contributed by atoms with E-state index in [9.17, 15) is 4.79 Å². The zero-order chi connectivity index (χ0) is 21.9. The molecule has 0 radical (unpaired) electrons. The van der Waals surface area contributed by atoms with Crippen LogP contribution in [0.15, 0.2) is 36.4 Å². The van der Waals surface area contributed by atoms with Crippen LogP contribution < -0.4 is 9.47 Å². The molecule has 1 aliphatic heterocycles. The van der Waals surface area contributed by atoms with Gasteiger partial charge in [-0.15, -0.1) is 0 Å². The van der Waals surface area contributed by atoms with Gasteiger partial charge < -0.3 is 19.1 Å². The fourth-order valence-corrected chi connectivity index (χ4v) is 3.34. The maximum Gasteiger partial charge on any atom is 0.410 e. The zero-order valence-corrected chi connectivity index (χ0v) is 18.3. The number of rotatable bonds is 5. The molecule has 0 atom stereocenters. The van der Waals surface area contributed by atoms with Crippen molar-refractivity contribution >= 4 is 6.09 Å². The minimum atomic E-state index is -0.593. The van der Waals surface area contributed by atoms with Gasteiger partial charge in [0.05, 0.1) is 12.6 Å². The van der Waals surface area contributed by atoms with Gasteiger partial charge in [-0.25, -0.2) is 9.18 Å². The van der Waals surface area contributed by atoms with E-state index in [-0.39, 0.29) is 24.2 Å². The number of carbonyl (C=O) groups excluding carboxylic acids is 1. The number of amides is 1. The second kappa shape index (κ2) is 8.94. The Bertz CT molecular complexity index is 890. The summed E-state index contributed by atoms with van der Waals surface area (Å²) in [7, 11) is 0. The molecule has 1 aliphatic rings. The molecule has 5 nitrogen and oxygen atoms in total. The molecule has 0 spiro atoms. The Morgan fingerprint density at radius 3 is 2.47 bits per heavy atom. The Morgan fingerprint density at radius 1 is 1.13 bits per heavy atom. The molecule has 0 aromatic heterocycles. The molecule has 162 valence electrons. The van der Waals surface area contributed by atoms with E-state index in [1.807, 2.05) is 65.0 Å². The van der Waals surface area contributed by atoms with Crippen molar-refractivity contribution in [3.8, 4) is 11.5 Å². The molecule has 0 bridgehead atoms. The van der Waals surface area contributed by atoms with Gasteiger partial charge in [0.25, 0.3) is 0 Å². The minimum absolute atomic E-state index is 0.165. The zero-order valence-electron chi connectivity index (χ0n) is 18.3. The lowest BCUT2D eigenvalue weighted by molar-refractivity contribution is 0.0220. The van der Waals surface area contributed by atoms with Gasteiger partial charge in [-0.05, 0) is 46.6 Å². The van der Waals surface area contributed by atoms with Gasteiger partial charge in [0.15, 0.2) is 11.6 Å². The van der Waals surface area contributed by atoms with Crippen LogP contribution in [0.3, 0.4) is 0 Å². The molecule has 1 amide bonds. The number of hydrogen-bond donors (Lipinski definition) is 0. The minimum Gasteiger partial charge on any atom is -0.488 e. The van der Waals surface area contributed by atoms with Crippen LogP contribution >= 0.6 is 0 Å². The van der Waals surface area contributed by atoms with Crippen molar-refractivity contribution in [1.82, 2.24) is 4.90 Å². The standard InChI is InChI=1S/C24H30FNO4/c1-16(2)29-21-13-20(28-15-17-9-7-6-8-10-17)19-14-26(12-11-18(19)22(21)25)23(27)30-24(3,4)5/h6-10,13,16H,11-12,14-15H2,1-5H3. The van der Waals surface area contributed by atoms with E-state index in [4.69, 9.17) is 14.2 Å². The van der Waals surface area contributed by atoms with Crippen molar-refractivity contribution in [2.75, 3.05) is 6.54 Å². The van der Waals surface area contributed by atoms with Crippen LogP contribution in [0.25, 0.3) is 0 Å². The summed E-state index contributed by atoms with van der Waals surface area (Å²) in [5.74, 6) is 0.325. The molecular formula is C24H30FNO4. The highest BCUT2D eigenvalue weighted by Gasteiger charge is 2.31. The highest BCUT2D eigenvalue weighted by molar-refractivity contribution is 5.69. The Balaban J connectivity index is 1.91. The van der Waals surface area contributed by atoms with Crippen molar-refractivity contribution < 1.29 is 23.4 Å². The lowest BCUT2D eigenvalue weighted by Crippen LogP contribution is -2.40. The number of benzene rings is 2. The Labute approximate surface area is 177 Å². The first-order chi connectivity index (χ1) is 14.1. The molecule has 0 fully saturated rings. The summed E-state index contributed by atoms with van der Waals surface area (Å²) in [6.07, 6.45) is -0.205. The summed E-state index contributed by atoms with van der Waals surface area (Å²) < 4.78 is 32.4. The van der Waals surface area contributed by atoms with E-state index in [1.165, 1.54) is 0 Å². The van der Waals surface area contributed by atoms with Crippen LogP contribution in [0.1, 0.15) is 51.3 Å². The number of nitrogens with zero attached hydrogens (tertiary/aromatic N) is 1. The average molecular weight is 416 g/mol. The lowest BCUT2D eigenvalue weighted by Gasteiger charge is -2.32. The number of ether oxygens (including phenoxy) is 3. The summed E-state index contributed by atoms with van der Waals surface area (Å²) in [5, 5.41) is 0. The molecule has 6 heteroatoms. The first kappa shape index (κ1) is 21.9. The first-order valence-corrected chi connectivity index (χ1v) is 10.3. The van der Waals surface area contributed by atoms with Crippen LogP contribution in [-0.4, -0.2) is 29.2 Å². The summed E-state index contributed by atoms with van der Waals surface area (Å²) >= 11 is 0. The molecule has 30 heavy (non-hydrogen) atoms. The maximum absolute atomic E-state index is 15.1. The summed E-state index contributed by atoms with van der Waals surface area (Å²) in [6.45, 7) is 10.1. The fraction of sp³-hybridized carbons (Fsp3) is 0.458. The van der Waals surface area contributed by atoms with Gasteiger partial charge >= 0.3 is 6.09 Å². The predicted molar refractivity (Wildman–Crippen MR) is 113 cm³/mol. The molecule has 2 aromatic rings. The van der Waals surface area contributed by atoms with Crippen LogP contribution in [0, 0.1) is 5.82 Å². The van der Waals surface area contributed by atoms with Crippen molar-refractivity contribution in [1.29, 1.82) is 0 Å².